The van der Waals surface area contributed by atoms with Crippen molar-refractivity contribution in [2.75, 3.05) is 19.4 Å². The molecular formula is C3H10ClNO3S. The summed E-state index contributed by atoms with van der Waals surface area (Å²) >= 11 is 0. The van der Waals surface area contributed by atoms with Crippen molar-refractivity contribution in [2.24, 2.45) is 5.73 Å². The molecule has 0 aromatic carbocycles. The monoisotopic (exact) mass is 175 g/mol. The summed E-state index contributed by atoms with van der Waals surface area (Å²) in [6.45, 7) is 0.298. The van der Waals surface area contributed by atoms with E-state index in [-0.39, 0.29) is 25.6 Å². The average molecular weight is 176 g/mol. The van der Waals surface area contributed by atoms with Gasteiger partial charge in [-0.05, 0) is 0 Å². The quantitative estimate of drug-likeness (QED) is 0.579. The molecule has 58 valence electrons. The first-order valence-electron chi connectivity index (χ1n) is 2.11. The predicted octanol–water partition coefficient (Wildman–Crippen LogP) is -0.657. The Hall–Kier alpha value is 0.160. The van der Waals surface area contributed by atoms with Gasteiger partial charge in [-0.25, -0.2) is 0 Å². The van der Waals surface area contributed by atoms with Crippen molar-refractivity contribution >= 4 is 22.5 Å². The second kappa shape index (κ2) is 4.99. The zero-order chi connectivity index (χ0) is 6.62. The van der Waals surface area contributed by atoms with E-state index in [9.17, 15) is 8.42 Å². The molecule has 9 heavy (non-hydrogen) atoms. The lowest BCUT2D eigenvalue weighted by Crippen LogP contribution is -2.12. The van der Waals surface area contributed by atoms with Crippen LogP contribution >= 0.6 is 12.4 Å². The third kappa shape index (κ3) is 11.6. The molecule has 0 aromatic rings. The third-order valence-corrected chi connectivity index (χ3v) is 1.01. The smallest absolute Gasteiger partial charge is 0.264 e. The standard InChI is InChI=1S/C3H9NO3S.ClH/c1-8(5,6)7-3-2-4;/h2-4H2,1H3;1H. The predicted molar refractivity (Wildman–Crippen MR) is 37.1 cm³/mol. The molecule has 0 amide bonds. The Morgan fingerprint density at radius 2 is 2.00 bits per heavy atom. The first-order chi connectivity index (χ1) is 3.56. The lowest BCUT2D eigenvalue weighted by atomic mass is 10.8. The molecular weight excluding hydrogens is 166 g/mol. The summed E-state index contributed by atoms with van der Waals surface area (Å²) in [4.78, 5) is 0. The summed E-state index contributed by atoms with van der Waals surface area (Å²) in [6.07, 6.45) is 0.989. The van der Waals surface area contributed by atoms with Crippen molar-refractivity contribution in [1.82, 2.24) is 0 Å². The van der Waals surface area contributed by atoms with Crippen LogP contribution in [0.5, 0.6) is 0 Å². The van der Waals surface area contributed by atoms with Crippen LogP contribution in [0.2, 0.25) is 0 Å². The van der Waals surface area contributed by atoms with E-state index in [0.29, 0.717) is 0 Å². The molecule has 0 bridgehead atoms. The number of hydrogen-bond donors (Lipinski definition) is 1. The molecule has 0 heterocycles. The maximum absolute atomic E-state index is 10.1. The van der Waals surface area contributed by atoms with Crippen LogP contribution in [0, 0.1) is 0 Å². The second-order valence-corrected chi connectivity index (χ2v) is 2.96. The van der Waals surface area contributed by atoms with Crippen LogP contribution in [0.15, 0.2) is 0 Å². The highest BCUT2D eigenvalue weighted by Gasteiger charge is 1.97. The van der Waals surface area contributed by atoms with Crippen LogP contribution < -0.4 is 5.73 Å². The lowest BCUT2D eigenvalue weighted by Gasteiger charge is -1.94. The van der Waals surface area contributed by atoms with Gasteiger partial charge in [0.25, 0.3) is 10.1 Å². The molecule has 0 aliphatic carbocycles. The van der Waals surface area contributed by atoms with Gasteiger partial charge in [0, 0.05) is 6.54 Å². The van der Waals surface area contributed by atoms with Crippen LogP contribution in [0.25, 0.3) is 0 Å². The molecule has 0 aromatic heterocycles. The Kier molecular flexibility index (Phi) is 6.59. The van der Waals surface area contributed by atoms with Crippen LogP contribution in [0.4, 0.5) is 0 Å². The molecule has 0 rings (SSSR count). The van der Waals surface area contributed by atoms with E-state index in [1.165, 1.54) is 0 Å². The maximum atomic E-state index is 10.1. The molecule has 2 N–H and O–H groups in total. The molecule has 0 radical (unpaired) electrons. The summed E-state index contributed by atoms with van der Waals surface area (Å²) in [5.74, 6) is 0. The van der Waals surface area contributed by atoms with E-state index in [0.717, 1.165) is 6.26 Å². The Morgan fingerprint density at radius 3 is 2.11 bits per heavy atom. The van der Waals surface area contributed by atoms with Crippen LogP contribution in [0.3, 0.4) is 0 Å². The van der Waals surface area contributed by atoms with Crippen molar-refractivity contribution in [3.8, 4) is 0 Å². The first-order valence-corrected chi connectivity index (χ1v) is 3.92. The topological polar surface area (TPSA) is 69.4 Å². The van der Waals surface area contributed by atoms with Crippen molar-refractivity contribution in [1.29, 1.82) is 0 Å². The Labute approximate surface area is 60.9 Å². The number of hydrogen-bond acceptors (Lipinski definition) is 4. The molecule has 0 fully saturated rings. The fourth-order valence-electron chi connectivity index (χ4n) is 0.199. The summed E-state index contributed by atoms with van der Waals surface area (Å²) in [5, 5.41) is 0. The van der Waals surface area contributed by atoms with Crippen LogP contribution in [-0.2, 0) is 14.3 Å². The fraction of sp³-hybridized carbons (Fsp3) is 1.00. The van der Waals surface area contributed by atoms with Gasteiger partial charge in [0.05, 0.1) is 12.9 Å². The molecule has 0 aliphatic heterocycles. The van der Waals surface area contributed by atoms with Gasteiger partial charge < -0.3 is 5.73 Å². The van der Waals surface area contributed by atoms with Gasteiger partial charge in [-0.1, -0.05) is 0 Å². The van der Waals surface area contributed by atoms with Crippen molar-refractivity contribution in [3.63, 3.8) is 0 Å². The van der Waals surface area contributed by atoms with E-state index in [1.807, 2.05) is 0 Å². The van der Waals surface area contributed by atoms with E-state index in [2.05, 4.69) is 4.18 Å². The van der Waals surface area contributed by atoms with Gasteiger partial charge >= 0.3 is 0 Å². The summed E-state index contributed by atoms with van der Waals surface area (Å²) in [6, 6.07) is 0. The second-order valence-electron chi connectivity index (χ2n) is 1.31. The van der Waals surface area contributed by atoms with E-state index in [4.69, 9.17) is 5.73 Å². The molecule has 0 spiro atoms. The summed E-state index contributed by atoms with van der Waals surface area (Å²) < 4.78 is 24.5. The van der Waals surface area contributed by atoms with Gasteiger partial charge in [0.1, 0.15) is 0 Å². The van der Waals surface area contributed by atoms with Gasteiger partial charge in [-0.3, -0.25) is 4.18 Å². The number of nitrogens with two attached hydrogens (primary N) is 1. The van der Waals surface area contributed by atoms with Gasteiger partial charge in [-0.15, -0.1) is 12.4 Å². The van der Waals surface area contributed by atoms with E-state index in [1.54, 1.807) is 0 Å². The average Bonchev–Trinajstić information content (AvgIpc) is 1.59. The van der Waals surface area contributed by atoms with Crippen molar-refractivity contribution < 1.29 is 12.6 Å². The van der Waals surface area contributed by atoms with Gasteiger partial charge in [0.2, 0.25) is 0 Å². The Bertz CT molecular complexity index is 143. The normalized spacial score (nSPS) is 10.4. The zero-order valence-electron chi connectivity index (χ0n) is 5.03. The lowest BCUT2D eigenvalue weighted by molar-refractivity contribution is 0.331. The molecule has 6 heteroatoms. The SMILES string of the molecule is CS(=O)(=O)OCCN.Cl. The Morgan fingerprint density at radius 1 is 1.56 bits per heavy atom. The highest BCUT2D eigenvalue weighted by atomic mass is 35.5. The number of rotatable bonds is 3. The minimum atomic E-state index is -3.27. The molecule has 0 atom stereocenters. The number of halogens is 1. The zero-order valence-corrected chi connectivity index (χ0v) is 6.67. The molecule has 0 aliphatic rings. The highest BCUT2D eigenvalue weighted by molar-refractivity contribution is 7.85. The Balaban J connectivity index is 0. The molecule has 0 saturated carbocycles. The first kappa shape index (κ1) is 11.9. The summed E-state index contributed by atoms with van der Waals surface area (Å²) in [7, 11) is -3.27. The maximum Gasteiger partial charge on any atom is 0.264 e. The fourth-order valence-corrected chi connectivity index (χ4v) is 0.598. The van der Waals surface area contributed by atoms with Crippen LogP contribution in [-0.4, -0.2) is 27.8 Å². The third-order valence-electron chi connectivity index (χ3n) is 0.415. The van der Waals surface area contributed by atoms with E-state index >= 15 is 0 Å². The van der Waals surface area contributed by atoms with Gasteiger partial charge in [0.15, 0.2) is 0 Å². The largest absolute Gasteiger partial charge is 0.328 e. The van der Waals surface area contributed by atoms with Gasteiger partial charge in [-0.2, -0.15) is 8.42 Å². The highest BCUT2D eigenvalue weighted by Crippen LogP contribution is 1.82. The van der Waals surface area contributed by atoms with Crippen molar-refractivity contribution in [2.45, 2.75) is 0 Å². The van der Waals surface area contributed by atoms with Crippen LogP contribution in [0.1, 0.15) is 0 Å². The summed E-state index contributed by atoms with van der Waals surface area (Å²) in [5.41, 5.74) is 4.95. The molecule has 0 saturated heterocycles. The minimum absolute atomic E-state index is 0. The molecule has 0 unspecified atom stereocenters. The minimum Gasteiger partial charge on any atom is -0.328 e. The van der Waals surface area contributed by atoms with Crippen molar-refractivity contribution in [3.05, 3.63) is 0 Å². The van der Waals surface area contributed by atoms with E-state index < -0.39 is 10.1 Å². The molecule has 4 nitrogen and oxygen atoms in total.